The van der Waals surface area contributed by atoms with E-state index in [1.54, 1.807) is 0 Å². The second-order valence-electron chi connectivity index (χ2n) is 3.80. The van der Waals surface area contributed by atoms with Crippen molar-refractivity contribution in [1.82, 2.24) is 4.98 Å². The van der Waals surface area contributed by atoms with Crippen LogP contribution in [-0.2, 0) is 0 Å². The number of nitrogens with one attached hydrogen (secondary N) is 1. The minimum Gasteiger partial charge on any atom is -0.398 e. The number of rotatable bonds is 2. The summed E-state index contributed by atoms with van der Waals surface area (Å²) < 4.78 is 0. The summed E-state index contributed by atoms with van der Waals surface area (Å²) in [5.41, 5.74) is 10.5. The van der Waals surface area contributed by atoms with E-state index in [9.17, 15) is 0 Å². The zero-order valence-corrected chi connectivity index (χ0v) is 9.41. The number of hydrogen-bond acceptors (Lipinski definition) is 4. The number of hydrogen-bond donors (Lipinski definition) is 3. The number of nitrogen functional groups attached to an aromatic ring is 1. The second-order valence-corrected chi connectivity index (χ2v) is 3.80. The highest BCUT2D eigenvalue weighted by Crippen LogP contribution is 2.27. The molecule has 0 amide bonds. The molecular formula is C12H15N3O. The number of nitrogens with zero attached hydrogens (tertiary/aromatic N) is 1. The Morgan fingerprint density at radius 1 is 1.38 bits per heavy atom. The Bertz CT molecular complexity index is 537. The lowest BCUT2D eigenvalue weighted by Crippen LogP contribution is -2.01. The summed E-state index contributed by atoms with van der Waals surface area (Å²) in [5.74, 6) is 0. The number of aromatic nitrogens is 1. The van der Waals surface area contributed by atoms with Crippen LogP contribution >= 0.6 is 0 Å². The third-order valence-corrected chi connectivity index (χ3v) is 2.80. The van der Waals surface area contributed by atoms with E-state index < -0.39 is 0 Å². The van der Waals surface area contributed by atoms with Crippen molar-refractivity contribution in [3.05, 3.63) is 29.5 Å². The summed E-state index contributed by atoms with van der Waals surface area (Å²) in [5, 5.41) is 12.6. The number of aryl methyl sites for hydroxylation is 1. The average molecular weight is 217 g/mol. The van der Waals surface area contributed by atoms with Gasteiger partial charge in [-0.05, 0) is 37.6 Å². The first-order valence-electron chi connectivity index (χ1n) is 5.14. The lowest BCUT2D eigenvalue weighted by molar-refractivity contribution is 0.326. The van der Waals surface area contributed by atoms with Gasteiger partial charge >= 0.3 is 0 Å². The molecule has 0 saturated heterocycles. The number of pyridine rings is 1. The molecule has 4 nitrogen and oxygen atoms in total. The molecule has 0 aliphatic heterocycles. The van der Waals surface area contributed by atoms with Gasteiger partial charge in [-0.25, -0.2) is 0 Å². The molecule has 0 aliphatic carbocycles. The molecule has 16 heavy (non-hydrogen) atoms. The molecule has 84 valence electrons. The molecule has 1 aromatic carbocycles. The molecule has 0 radical (unpaired) electrons. The van der Waals surface area contributed by atoms with Gasteiger partial charge in [0.2, 0.25) is 0 Å². The third-order valence-electron chi connectivity index (χ3n) is 2.80. The summed E-state index contributed by atoms with van der Waals surface area (Å²) >= 11 is 0. The van der Waals surface area contributed by atoms with E-state index in [1.165, 1.54) is 0 Å². The molecule has 0 saturated carbocycles. The standard InChI is InChI=1S/C12H15N3O/c1-7-8(2)15-11-4-3-9(14-6-16)5-10(11)12(7)13/h3-5,14,16H,6H2,1-2H3,(H2,13,15). The van der Waals surface area contributed by atoms with E-state index in [2.05, 4.69) is 10.3 Å². The Labute approximate surface area is 94.1 Å². The molecule has 1 aromatic heterocycles. The summed E-state index contributed by atoms with van der Waals surface area (Å²) in [6, 6.07) is 5.68. The summed E-state index contributed by atoms with van der Waals surface area (Å²) in [4.78, 5) is 4.47. The van der Waals surface area contributed by atoms with Crippen molar-refractivity contribution in [2.24, 2.45) is 0 Å². The zero-order chi connectivity index (χ0) is 11.7. The molecule has 0 spiro atoms. The first-order chi connectivity index (χ1) is 7.63. The fourth-order valence-corrected chi connectivity index (χ4v) is 1.71. The Morgan fingerprint density at radius 2 is 2.12 bits per heavy atom. The maximum Gasteiger partial charge on any atom is 0.113 e. The normalized spacial score (nSPS) is 10.7. The van der Waals surface area contributed by atoms with Crippen molar-refractivity contribution in [3.8, 4) is 0 Å². The number of nitrogens with two attached hydrogens (primary N) is 1. The van der Waals surface area contributed by atoms with Crippen LogP contribution in [0.25, 0.3) is 10.9 Å². The van der Waals surface area contributed by atoms with Crippen LogP contribution in [0.3, 0.4) is 0 Å². The first kappa shape index (κ1) is 10.7. The molecular weight excluding hydrogens is 202 g/mol. The van der Waals surface area contributed by atoms with Gasteiger partial charge in [-0.2, -0.15) is 0 Å². The second kappa shape index (κ2) is 3.98. The van der Waals surface area contributed by atoms with Gasteiger partial charge < -0.3 is 16.2 Å². The topological polar surface area (TPSA) is 71.2 Å². The van der Waals surface area contributed by atoms with Crippen LogP contribution in [0, 0.1) is 13.8 Å². The van der Waals surface area contributed by atoms with E-state index in [1.807, 2.05) is 32.0 Å². The van der Waals surface area contributed by atoms with Gasteiger partial charge in [0.15, 0.2) is 0 Å². The Balaban J connectivity index is 2.68. The van der Waals surface area contributed by atoms with Crippen molar-refractivity contribution < 1.29 is 5.11 Å². The summed E-state index contributed by atoms with van der Waals surface area (Å²) in [7, 11) is 0. The SMILES string of the molecule is Cc1nc2ccc(NCO)cc2c(N)c1C. The zero-order valence-electron chi connectivity index (χ0n) is 9.41. The van der Waals surface area contributed by atoms with Crippen molar-refractivity contribution >= 4 is 22.3 Å². The van der Waals surface area contributed by atoms with Gasteiger partial charge in [-0.3, -0.25) is 4.98 Å². The van der Waals surface area contributed by atoms with Crippen LogP contribution in [0.1, 0.15) is 11.3 Å². The van der Waals surface area contributed by atoms with E-state index in [0.717, 1.165) is 33.5 Å². The molecule has 0 bridgehead atoms. The fourth-order valence-electron chi connectivity index (χ4n) is 1.71. The lowest BCUT2D eigenvalue weighted by atomic mass is 10.1. The highest BCUT2D eigenvalue weighted by molar-refractivity contribution is 5.94. The van der Waals surface area contributed by atoms with Crippen LogP contribution in [0.5, 0.6) is 0 Å². The molecule has 0 aliphatic rings. The van der Waals surface area contributed by atoms with Crippen molar-refractivity contribution in [2.75, 3.05) is 17.8 Å². The van der Waals surface area contributed by atoms with Crippen molar-refractivity contribution in [2.45, 2.75) is 13.8 Å². The number of benzene rings is 1. The molecule has 0 fully saturated rings. The number of fused-ring (bicyclic) bond motifs is 1. The van der Waals surface area contributed by atoms with Crippen LogP contribution < -0.4 is 11.1 Å². The lowest BCUT2D eigenvalue weighted by Gasteiger charge is -2.10. The maximum absolute atomic E-state index is 8.80. The highest BCUT2D eigenvalue weighted by atomic mass is 16.3. The quantitative estimate of drug-likeness (QED) is 0.671. The largest absolute Gasteiger partial charge is 0.398 e. The van der Waals surface area contributed by atoms with Gasteiger partial charge in [0.05, 0.1) is 5.52 Å². The third kappa shape index (κ3) is 1.67. The first-order valence-corrected chi connectivity index (χ1v) is 5.14. The molecule has 0 unspecified atom stereocenters. The maximum atomic E-state index is 8.80. The summed E-state index contributed by atoms with van der Waals surface area (Å²) in [6.07, 6.45) is 0. The van der Waals surface area contributed by atoms with E-state index >= 15 is 0 Å². The van der Waals surface area contributed by atoms with Gasteiger partial charge in [-0.1, -0.05) is 0 Å². The minimum atomic E-state index is -0.0936. The van der Waals surface area contributed by atoms with E-state index in [0.29, 0.717) is 0 Å². The number of anilines is 2. The molecule has 4 heteroatoms. The smallest absolute Gasteiger partial charge is 0.113 e. The van der Waals surface area contributed by atoms with Crippen molar-refractivity contribution in [3.63, 3.8) is 0 Å². The van der Waals surface area contributed by atoms with Crippen LogP contribution in [0.4, 0.5) is 11.4 Å². The van der Waals surface area contributed by atoms with Crippen LogP contribution in [0.2, 0.25) is 0 Å². The van der Waals surface area contributed by atoms with Crippen LogP contribution in [-0.4, -0.2) is 16.8 Å². The molecule has 2 aromatic rings. The van der Waals surface area contributed by atoms with E-state index in [4.69, 9.17) is 10.8 Å². The minimum absolute atomic E-state index is 0.0936. The predicted octanol–water partition coefficient (Wildman–Crippen LogP) is 1.80. The Kier molecular flexibility index (Phi) is 2.66. The molecule has 4 N–H and O–H groups in total. The fraction of sp³-hybridized carbons (Fsp3) is 0.250. The van der Waals surface area contributed by atoms with Crippen LogP contribution in [0.15, 0.2) is 18.2 Å². The Hall–Kier alpha value is -1.81. The highest BCUT2D eigenvalue weighted by Gasteiger charge is 2.06. The monoisotopic (exact) mass is 217 g/mol. The molecule has 1 heterocycles. The van der Waals surface area contributed by atoms with Gasteiger partial charge in [0.1, 0.15) is 6.73 Å². The Morgan fingerprint density at radius 3 is 2.81 bits per heavy atom. The van der Waals surface area contributed by atoms with Crippen molar-refractivity contribution in [1.29, 1.82) is 0 Å². The van der Waals surface area contributed by atoms with Gasteiger partial charge in [-0.15, -0.1) is 0 Å². The van der Waals surface area contributed by atoms with Gasteiger partial charge in [0, 0.05) is 22.5 Å². The number of aliphatic hydroxyl groups excluding tert-OH is 1. The number of aliphatic hydroxyl groups is 1. The average Bonchev–Trinajstić information content (AvgIpc) is 2.28. The molecule has 0 atom stereocenters. The van der Waals surface area contributed by atoms with E-state index in [-0.39, 0.29) is 6.73 Å². The summed E-state index contributed by atoms with van der Waals surface area (Å²) in [6.45, 7) is 3.82. The molecule has 2 rings (SSSR count). The van der Waals surface area contributed by atoms with Gasteiger partial charge in [0.25, 0.3) is 0 Å². The predicted molar refractivity (Wildman–Crippen MR) is 66.3 cm³/mol.